The number of carbonyl (C=O) groups is 3. The van der Waals surface area contributed by atoms with Crippen LogP contribution in [0.25, 0.3) is 10.8 Å². The van der Waals surface area contributed by atoms with Crippen LogP contribution in [0.4, 0.5) is 4.79 Å². The minimum Gasteiger partial charge on any atom is -0.351 e. The van der Waals surface area contributed by atoms with E-state index in [0.29, 0.717) is 17.4 Å². The third-order valence-electron chi connectivity index (χ3n) is 7.56. The molecule has 6 nitrogen and oxygen atoms in total. The van der Waals surface area contributed by atoms with Crippen molar-refractivity contribution < 1.29 is 14.4 Å². The van der Waals surface area contributed by atoms with Crippen LogP contribution in [0.2, 0.25) is 0 Å². The molecule has 6 rings (SSSR count). The third kappa shape index (κ3) is 3.12. The Morgan fingerprint density at radius 3 is 2.67 bits per heavy atom. The van der Waals surface area contributed by atoms with Gasteiger partial charge in [-0.15, -0.1) is 0 Å². The van der Waals surface area contributed by atoms with E-state index in [1.165, 1.54) is 11.1 Å². The molecule has 0 bridgehead atoms. The lowest BCUT2D eigenvalue weighted by Crippen LogP contribution is -2.44. The Labute approximate surface area is 192 Å². The number of hydrogen-bond donors (Lipinski definition) is 2. The Morgan fingerprint density at radius 1 is 1.06 bits per heavy atom. The van der Waals surface area contributed by atoms with Gasteiger partial charge >= 0.3 is 6.03 Å². The molecule has 4 unspecified atom stereocenters. The number of urea groups is 1. The number of fused-ring (bicyclic) bond motifs is 4. The number of imide groups is 1. The first-order valence-electron chi connectivity index (χ1n) is 11.5. The lowest BCUT2D eigenvalue weighted by Gasteiger charge is -2.22. The summed E-state index contributed by atoms with van der Waals surface area (Å²) < 4.78 is 0. The van der Waals surface area contributed by atoms with Gasteiger partial charge in [0.25, 0.3) is 5.91 Å². The van der Waals surface area contributed by atoms with Gasteiger partial charge in [-0.2, -0.15) is 0 Å². The minimum atomic E-state index is -1.20. The third-order valence-corrected chi connectivity index (χ3v) is 7.56. The van der Waals surface area contributed by atoms with Crippen molar-refractivity contribution in [1.29, 1.82) is 0 Å². The zero-order valence-corrected chi connectivity index (χ0v) is 18.4. The van der Waals surface area contributed by atoms with Gasteiger partial charge in [-0.1, -0.05) is 60.7 Å². The second-order valence-corrected chi connectivity index (χ2v) is 9.53. The van der Waals surface area contributed by atoms with Crippen molar-refractivity contribution in [3.63, 3.8) is 0 Å². The fourth-order valence-corrected chi connectivity index (χ4v) is 5.67. The fourth-order valence-electron chi connectivity index (χ4n) is 5.67. The average Bonchev–Trinajstić information content (AvgIpc) is 3.48. The predicted octanol–water partition coefficient (Wildman–Crippen LogP) is 3.45. The average molecular weight is 440 g/mol. The molecule has 1 heterocycles. The number of nitrogens with one attached hydrogen (secondary N) is 2. The molecule has 3 aromatic carbocycles. The van der Waals surface area contributed by atoms with E-state index in [-0.39, 0.29) is 18.5 Å². The summed E-state index contributed by atoms with van der Waals surface area (Å²) in [6.45, 7) is 1.42. The van der Waals surface area contributed by atoms with Gasteiger partial charge in [-0.3, -0.25) is 14.5 Å². The van der Waals surface area contributed by atoms with Crippen molar-refractivity contribution in [3.8, 4) is 0 Å². The van der Waals surface area contributed by atoms with Crippen LogP contribution in [-0.2, 0) is 21.5 Å². The predicted molar refractivity (Wildman–Crippen MR) is 124 cm³/mol. The summed E-state index contributed by atoms with van der Waals surface area (Å²) in [6, 6.07) is 21.5. The van der Waals surface area contributed by atoms with Crippen molar-refractivity contribution in [1.82, 2.24) is 15.5 Å². The molecule has 2 N–H and O–H groups in total. The first kappa shape index (κ1) is 20.0. The van der Waals surface area contributed by atoms with Crippen LogP contribution in [0, 0.1) is 5.92 Å². The molecule has 166 valence electrons. The maximum Gasteiger partial charge on any atom is 0.325 e. The quantitative estimate of drug-likeness (QED) is 0.611. The van der Waals surface area contributed by atoms with Gasteiger partial charge in [0, 0.05) is 12.0 Å². The number of rotatable bonds is 4. The van der Waals surface area contributed by atoms with Crippen molar-refractivity contribution in [2.45, 2.75) is 37.3 Å². The van der Waals surface area contributed by atoms with Gasteiger partial charge in [-0.25, -0.2) is 4.79 Å². The molecular weight excluding hydrogens is 414 g/mol. The van der Waals surface area contributed by atoms with Crippen molar-refractivity contribution in [2.75, 3.05) is 6.54 Å². The number of amides is 4. The molecule has 0 radical (unpaired) electrons. The van der Waals surface area contributed by atoms with E-state index in [1.54, 1.807) is 6.92 Å². The van der Waals surface area contributed by atoms with Crippen molar-refractivity contribution in [3.05, 3.63) is 83.4 Å². The highest BCUT2D eigenvalue weighted by Crippen LogP contribution is 2.54. The fraction of sp³-hybridized carbons (Fsp3) is 0.296. The summed E-state index contributed by atoms with van der Waals surface area (Å²) >= 11 is 0. The first-order valence-corrected chi connectivity index (χ1v) is 11.5. The summed E-state index contributed by atoms with van der Waals surface area (Å²) in [4.78, 5) is 39.9. The van der Waals surface area contributed by atoms with Crippen molar-refractivity contribution >= 4 is 28.6 Å². The summed E-state index contributed by atoms with van der Waals surface area (Å²) in [5.74, 6) is 0.0781. The Bertz CT molecular complexity index is 1320. The number of carbonyl (C=O) groups excluding carboxylic acids is 3. The highest BCUT2D eigenvalue weighted by molar-refractivity contribution is 6.09. The summed E-state index contributed by atoms with van der Waals surface area (Å²) in [6.07, 6.45) is 2.08. The van der Waals surface area contributed by atoms with Crippen LogP contribution >= 0.6 is 0 Å². The Kier molecular flexibility index (Phi) is 4.34. The van der Waals surface area contributed by atoms with E-state index in [0.717, 1.165) is 28.5 Å². The second-order valence-electron chi connectivity index (χ2n) is 9.53. The maximum absolute atomic E-state index is 13.3. The summed E-state index contributed by atoms with van der Waals surface area (Å²) in [7, 11) is 0. The molecule has 1 aliphatic heterocycles. The Hall–Kier alpha value is -3.67. The van der Waals surface area contributed by atoms with E-state index < -0.39 is 17.5 Å². The topological polar surface area (TPSA) is 78.5 Å². The SMILES string of the molecule is CC1(c2ccc3ccccc3c2)NC(=O)N(CC(=O)NC2C3CCc4ccccc4C32)C1=O. The maximum atomic E-state index is 13.3. The number of hydrogen-bond acceptors (Lipinski definition) is 3. The number of aryl methyl sites for hydroxylation is 1. The Morgan fingerprint density at radius 2 is 1.82 bits per heavy atom. The van der Waals surface area contributed by atoms with E-state index in [1.807, 2.05) is 48.5 Å². The highest BCUT2D eigenvalue weighted by atomic mass is 16.2. The molecule has 2 aliphatic carbocycles. The molecule has 4 atom stereocenters. The largest absolute Gasteiger partial charge is 0.351 e. The van der Waals surface area contributed by atoms with Crippen LogP contribution in [-0.4, -0.2) is 35.3 Å². The number of nitrogens with zero attached hydrogens (tertiary/aromatic N) is 1. The van der Waals surface area contributed by atoms with Crippen LogP contribution in [0.1, 0.15) is 36.0 Å². The molecule has 4 amide bonds. The summed E-state index contributed by atoms with van der Waals surface area (Å²) in [5, 5.41) is 7.94. The van der Waals surface area contributed by atoms with Gasteiger partial charge in [0.15, 0.2) is 0 Å². The smallest absolute Gasteiger partial charge is 0.325 e. The van der Waals surface area contributed by atoms with Crippen molar-refractivity contribution in [2.24, 2.45) is 5.92 Å². The van der Waals surface area contributed by atoms with Gasteiger partial charge < -0.3 is 10.6 Å². The second kappa shape index (κ2) is 7.17. The normalized spacial score (nSPS) is 27.7. The molecule has 0 aromatic heterocycles. The summed E-state index contributed by atoms with van der Waals surface area (Å²) in [5.41, 5.74) is 2.18. The molecule has 1 saturated carbocycles. The molecule has 1 saturated heterocycles. The molecule has 2 fully saturated rings. The zero-order chi connectivity index (χ0) is 22.7. The number of benzene rings is 3. The van der Waals surface area contributed by atoms with Crippen LogP contribution in [0.15, 0.2) is 66.7 Å². The van der Waals surface area contributed by atoms with E-state index in [9.17, 15) is 14.4 Å². The van der Waals surface area contributed by atoms with Crippen LogP contribution in [0.3, 0.4) is 0 Å². The zero-order valence-electron chi connectivity index (χ0n) is 18.4. The molecule has 0 spiro atoms. The van der Waals surface area contributed by atoms with Crippen LogP contribution < -0.4 is 10.6 Å². The molecule has 3 aliphatic rings. The molecule has 6 heteroatoms. The molecule has 3 aromatic rings. The van der Waals surface area contributed by atoms with E-state index in [2.05, 4.69) is 28.8 Å². The monoisotopic (exact) mass is 439 g/mol. The van der Waals surface area contributed by atoms with Crippen LogP contribution in [0.5, 0.6) is 0 Å². The van der Waals surface area contributed by atoms with Gasteiger partial charge in [-0.05, 0) is 59.2 Å². The van der Waals surface area contributed by atoms with Gasteiger partial charge in [0.05, 0.1) is 0 Å². The van der Waals surface area contributed by atoms with Gasteiger partial charge in [0.2, 0.25) is 5.91 Å². The van der Waals surface area contributed by atoms with Gasteiger partial charge in [0.1, 0.15) is 12.1 Å². The lowest BCUT2D eigenvalue weighted by atomic mass is 9.90. The lowest BCUT2D eigenvalue weighted by molar-refractivity contribution is -0.134. The Balaban J connectivity index is 1.17. The van der Waals surface area contributed by atoms with E-state index in [4.69, 9.17) is 0 Å². The first-order chi connectivity index (χ1) is 16.0. The minimum absolute atomic E-state index is 0.0776. The molecular formula is C27H25N3O3. The standard InChI is InChI=1S/C27H25N3O3/c1-27(19-12-10-16-6-2-3-8-18(16)14-19)25(32)30(26(33)29-27)15-22(31)28-24-21-13-11-17-7-4-5-9-20(17)23(21)24/h2-10,12,14,21,23-24H,11,13,15H2,1H3,(H,28,31)(H,29,33). The highest BCUT2D eigenvalue weighted by Gasteiger charge is 2.54. The molecule has 33 heavy (non-hydrogen) atoms. The van der Waals surface area contributed by atoms with E-state index >= 15 is 0 Å².